The van der Waals surface area contributed by atoms with Crippen molar-refractivity contribution in [2.75, 3.05) is 25.5 Å². The standard InChI is InChI=1S/C28H25Cl2N3O2/c1-33(27-20-8-4-2-6-17(20)10-11-18-7-3-5-9-21(18)27)13-12-31-23-16-25(28(34)35)32-24-15-19(29)14-22(30)26(23)24/h2-9,14-16,27H,10-13H2,1H3,(H,31,32)(H,34,35). The normalized spacial score (nSPS) is 13.4. The fourth-order valence-corrected chi connectivity index (χ4v) is 5.58. The number of fused-ring (bicyclic) bond motifs is 3. The highest BCUT2D eigenvalue weighted by Gasteiger charge is 2.26. The third-order valence-corrected chi connectivity index (χ3v) is 7.14. The number of halogens is 2. The van der Waals surface area contributed by atoms with Gasteiger partial charge in [-0.25, -0.2) is 9.78 Å². The number of aromatic carboxylic acids is 1. The Morgan fingerprint density at radius 2 is 1.66 bits per heavy atom. The smallest absolute Gasteiger partial charge is 0.354 e. The number of nitrogens with zero attached hydrogens (tertiary/aromatic N) is 2. The molecule has 7 heteroatoms. The van der Waals surface area contributed by atoms with E-state index in [2.05, 4.69) is 70.8 Å². The summed E-state index contributed by atoms with van der Waals surface area (Å²) in [5, 5.41) is 14.4. The Hall–Kier alpha value is -3.12. The Kier molecular flexibility index (Phi) is 6.65. The molecule has 5 rings (SSSR count). The maximum Gasteiger partial charge on any atom is 0.354 e. The van der Waals surface area contributed by atoms with Crippen LogP contribution in [-0.2, 0) is 12.8 Å². The molecule has 0 amide bonds. The Morgan fingerprint density at radius 3 is 2.29 bits per heavy atom. The van der Waals surface area contributed by atoms with Crippen molar-refractivity contribution in [2.24, 2.45) is 0 Å². The largest absolute Gasteiger partial charge is 0.477 e. The molecule has 178 valence electrons. The predicted molar refractivity (Wildman–Crippen MR) is 142 cm³/mol. The van der Waals surface area contributed by atoms with Crippen molar-refractivity contribution in [2.45, 2.75) is 18.9 Å². The monoisotopic (exact) mass is 505 g/mol. The van der Waals surface area contributed by atoms with E-state index in [0.29, 0.717) is 33.2 Å². The van der Waals surface area contributed by atoms with Gasteiger partial charge in [-0.3, -0.25) is 4.90 Å². The Morgan fingerprint density at radius 1 is 1.03 bits per heavy atom. The maximum atomic E-state index is 11.7. The summed E-state index contributed by atoms with van der Waals surface area (Å²) in [7, 11) is 2.13. The Balaban J connectivity index is 1.43. The second-order valence-electron chi connectivity index (χ2n) is 8.85. The zero-order valence-electron chi connectivity index (χ0n) is 19.3. The zero-order valence-corrected chi connectivity index (χ0v) is 20.8. The van der Waals surface area contributed by atoms with Crippen LogP contribution in [0.25, 0.3) is 10.9 Å². The number of carboxylic acid groups (broad SMARTS) is 1. The first-order valence-electron chi connectivity index (χ1n) is 11.5. The minimum absolute atomic E-state index is 0.0571. The summed E-state index contributed by atoms with van der Waals surface area (Å²) in [5.41, 5.74) is 6.44. The van der Waals surface area contributed by atoms with Gasteiger partial charge in [-0.2, -0.15) is 0 Å². The summed E-state index contributed by atoms with van der Waals surface area (Å²) in [4.78, 5) is 18.2. The van der Waals surface area contributed by atoms with Crippen molar-refractivity contribution >= 4 is 45.8 Å². The first-order valence-corrected chi connectivity index (χ1v) is 12.3. The van der Waals surface area contributed by atoms with E-state index in [0.717, 1.165) is 19.4 Å². The highest BCUT2D eigenvalue weighted by atomic mass is 35.5. The highest BCUT2D eigenvalue weighted by Crippen LogP contribution is 2.36. The van der Waals surface area contributed by atoms with E-state index in [1.165, 1.54) is 28.3 Å². The Bertz CT molecular complexity index is 1380. The first-order chi connectivity index (χ1) is 16.9. The molecule has 0 unspecified atom stereocenters. The number of carbonyl (C=O) groups is 1. The van der Waals surface area contributed by atoms with Crippen LogP contribution in [0, 0.1) is 0 Å². The molecule has 2 N–H and O–H groups in total. The number of aromatic nitrogens is 1. The zero-order chi connectivity index (χ0) is 24.5. The van der Waals surface area contributed by atoms with E-state index in [1.54, 1.807) is 12.1 Å². The van der Waals surface area contributed by atoms with Crippen LogP contribution in [0.3, 0.4) is 0 Å². The van der Waals surface area contributed by atoms with Gasteiger partial charge in [0.05, 0.1) is 16.6 Å². The molecule has 1 aliphatic rings. The average molecular weight is 506 g/mol. The molecule has 3 aromatic carbocycles. The molecule has 0 fully saturated rings. The number of aryl methyl sites for hydroxylation is 2. The molecule has 1 aliphatic carbocycles. The lowest BCUT2D eigenvalue weighted by Gasteiger charge is -2.30. The minimum Gasteiger partial charge on any atom is -0.477 e. The Labute approximate surface area is 214 Å². The second kappa shape index (κ2) is 9.86. The molecule has 35 heavy (non-hydrogen) atoms. The van der Waals surface area contributed by atoms with E-state index >= 15 is 0 Å². The molecule has 5 nitrogen and oxygen atoms in total. The average Bonchev–Trinajstić information content (AvgIpc) is 3.00. The van der Waals surface area contributed by atoms with Gasteiger partial charge in [0.1, 0.15) is 0 Å². The van der Waals surface area contributed by atoms with Gasteiger partial charge in [0, 0.05) is 29.2 Å². The lowest BCUT2D eigenvalue weighted by atomic mass is 9.93. The summed E-state index contributed by atoms with van der Waals surface area (Å²) in [6.45, 7) is 1.32. The van der Waals surface area contributed by atoms with Crippen molar-refractivity contribution in [1.82, 2.24) is 9.88 Å². The van der Waals surface area contributed by atoms with Gasteiger partial charge >= 0.3 is 5.97 Å². The number of nitrogens with one attached hydrogen (secondary N) is 1. The summed E-state index contributed by atoms with van der Waals surface area (Å²) >= 11 is 12.6. The van der Waals surface area contributed by atoms with Gasteiger partial charge in [0.15, 0.2) is 5.69 Å². The van der Waals surface area contributed by atoms with E-state index in [9.17, 15) is 9.90 Å². The number of carboxylic acids is 1. The second-order valence-corrected chi connectivity index (χ2v) is 9.69. The molecule has 0 spiro atoms. The number of benzene rings is 3. The van der Waals surface area contributed by atoms with E-state index in [-0.39, 0.29) is 11.7 Å². The third-order valence-electron chi connectivity index (χ3n) is 6.63. The molecule has 1 aromatic heterocycles. The molecule has 0 atom stereocenters. The van der Waals surface area contributed by atoms with Crippen molar-refractivity contribution < 1.29 is 9.90 Å². The molecule has 0 saturated carbocycles. The van der Waals surface area contributed by atoms with Gasteiger partial charge in [0.2, 0.25) is 0 Å². The number of hydrogen-bond acceptors (Lipinski definition) is 4. The number of rotatable bonds is 6. The van der Waals surface area contributed by atoms with Gasteiger partial charge < -0.3 is 10.4 Å². The van der Waals surface area contributed by atoms with Crippen LogP contribution in [0.15, 0.2) is 66.7 Å². The number of hydrogen-bond donors (Lipinski definition) is 2. The van der Waals surface area contributed by atoms with Gasteiger partial charge in [-0.15, -0.1) is 0 Å². The number of pyridine rings is 1. The van der Waals surface area contributed by atoms with E-state index in [4.69, 9.17) is 23.2 Å². The summed E-state index contributed by atoms with van der Waals surface area (Å²) in [6, 6.07) is 22.3. The van der Waals surface area contributed by atoms with Crippen LogP contribution in [0.1, 0.15) is 38.8 Å². The third kappa shape index (κ3) is 4.72. The van der Waals surface area contributed by atoms with Crippen LogP contribution >= 0.6 is 23.2 Å². The molecular weight excluding hydrogens is 481 g/mol. The van der Waals surface area contributed by atoms with E-state index < -0.39 is 5.97 Å². The molecular formula is C28H25Cl2N3O2. The van der Waals surface area contributed by atoms with Crippen molar-refractivity contribution in [1.29, 1.82) is 0 Å². The van der Waals surface area contributed by atoms with Gasteiger partial charge in [0.25, 0.3) is 0 Å². The fourth-order valence-electron chi connectivity index (χ4n) is 5.00. The van der Waals surface area contributed by atoms with Gasteiger partial charge in [-0.05, 0) is 60.3 Å². The highest BCUT2D eigenvalue weighted by molar-refractivity contribution is 6.39. The molecule has 4 aromatic rings. The van der Waals surface area contributed by atoms with Crippen LogP contribution < -0.4 is 5.32 Å². The fraction of sp³-hybridized carbons (Fsp3) is 0.214. The summed E-state index contributed by atoms with van der Waals surface area (Å²) < 4.78 is 0. The van der Waals surface area contributed by atoms with Crippen LogP contribution in [0.5, 0.6) is 0 Å². The molecule has 0 aliphatic heterocycles. The van der Waals surface area contributed by atoms with Crippen molar-refractivity contribution in [3.05, 3.63) is 105 Å². The van der Waals surface area contributed by atoms with Crippen LogP contribution in [0.2, 0.25) is 10.0 Å². The van der Waals surface area contributed by atoms with Crippen molar-refractivity contribution in [3.8, 4) is 0 Å². The maximum absolute atomic E-state index is 11.7. The lowest BCUT2D eigenvalue weighted by Crippen LogP contribution is -2.31. The topological polar surface area (TPSA) is 65.5 Å². The number of likely N-dealkylation sites (N-methyl/N-ethyl adjacent to an activating group) is 1. The molecule has 1 heterocycles. The summed E-state index contributed by atoms with van der Waals surface area (Å²) in [5.74, 6) is -1.10. The SMILES string of the molecule is CN(CCNc1cc(C(=O)O)nc2cc(Cl)cc(Cl)c12)C1c2ccccc2CCc2ccccc21. The van der Waals surface area contributed by atoms with E-state index in [1.807, 2.05) is 0 Å². The van der Waals surface area contributed by atoms with Crippen LogP contribution in [-0.4, -0.2) is 41.1 Å². The minimum atomic E-state index is -1.10. The molecule has 0 radical (unpaired) electrons. The number of anilines is 1. The first kappa shape index (κ1) is 23.6. The predicted octanol–water partition coefficient (Wildman–Crippen LogP) is 6.47. The van der Waals surface area contributed by atoms with Gasteiger partial charge in [-0.1, -0.05) is 71.7 Å². The molecule has 0 bridgehead atoms. The van der Waals surface area contributed by atoms with Crippen LogP contribution in [0.4, 0.5) is 5.69 Å². The van der Waals surface area contributed by atoms with Crippen molar-refractivity contribution in [3.63, 3.8) is 0 Å². The summed E-state index contributed by atoms with van der Waals surface area (Å²) in [6.07, 6.45) is 2.05. The quantitative estimate of drug-likeness (QED) is 0.314. The molecule has 0 saturated heterocycles. The lowest BCUT2D eigenvalue weighted by molar-refractivity contribution is 0.0691.